The van der Waals surface area contributed by atoms with Crippen molar-refractivity contribution in [3.05, 3.63) is 24.8 Å². The molecule has 24 heavy (non-hydrogen) atoms. The molecule has 6 nitrogen and oxygen atoms in total. The smallest absolute Gasteiger partial charge is 0.225 e. The number of H-pyrrole nitrogens is 1. The van der Waals surface area contributed by atoms with Gasteiger partial charge in [0.05, 0.1) is 24.1 Å². The lowest BCUT2D eigenvalue weighted by molar-refractivity contribution is -0.139. The average molecular weight is 323 g/mol. The second-order valence-electron chi connectivity index (χ2n) is 7.09. The summed E-state index contributed by atoms with van der Waals surface area (Å²) in [6.45, 7) is 1.70. The highest BCUT2D eigenvalue weighted by molar-refractivity contribution is 6.01. The lowest BCUT2D eigenvalue weighted by Gasteiger charge is -2.37. The molecule has 1 saturated carbocycles. The summed E-state index contributed by atoms with van der Waals surface area (Å²) in [5.41, 5.74) is 2.94. The maximum atomic E-state index is 12.6. The standard InChI is InChI=1S/C18H21N5O/c24-18(12-3-1-4-12)22-8-2-5-13(10-22)23-11-21-15-9-20-17-14(16(15)23)6-7-19-17/h6-7,9,11-13H,1-5,8,10H2,(H,19,20)/t13-/m1/s1. The van der Waals surface area contributed by atoms with Crippen LogP contribution in [-0.2, 0) is 4.79 Å². The normalized spacial score (nSPS) is 22.2. The summed E-state index contributed by atoms with van der Waals surface area (Å²) in [7, 11) is 0. The van der Waals surface area contributed by atoms with Crippen LogP contribution in [-0.4, -0.2) is 43.4 Å². The number of carbonyl (C=O) groups is 1. The van der Waals surface area contributed by atoms with E-state index in [-0.39, 0.29) is 5.92 Å². The van der Waals surface area contributed by atoms with E-state index in [9.17, 15) is 4.79 Å². The van der Waals surface area contributed by atoms with Crippen LogP contribution in [0.3, 0.4) is 0 Å². The van der Waals surface area contributed by atoms with Gasteiger partial charge in [0, 0.05) is 30.6 Å². The second-order valence-corrected chi connectivity index (χ2v) is 7.09. The van der Waals surface area contributed by atoms with Gasteiger partial charge in [-0.15, -0.1) is 0 Å². The number of hydrogen-bond donors (Lipinski definition) is 1. The topological polar surface area (TPSA) is 66.8 Å². The molecule has 0 unspecified atom stereocenters. The fourth-order valence-corrected chi connectivity index (χ4v) is 4.10. The number of piperidine rings is 1. The minimum atomic E-state index is 0.281. The van der Waals surface area contributed by atoms with E-state index in [2.05, 4.69) is 30.5 Å². The highest BCUT2D eigenvalue weighted by Gasteiger charge is 2.33. The second kappa shape index (κ2) is 5.33. The molecule has 3 aromatic rings. The molecule has 1 aliphatic carbocycles. The molecule has 5 rings (SSSR count). The van der Waals surface area contributed by atoms with E-state index in [0.29, 0.717) is 11.9 Å². The van der Waals surface area contributed by atoms with Crippen LogP contribution in [0.2, 0.25) is 0 Å². The fourth-order valence-electron chi connectivity index (χ4n) is 4.10. The summed E-state index contributed by atoms with van der Waals surface area (Å²) >= 11 is 0. The van der Waals surface area contributed by atoms with Crippen molar-refractivity contribution in [1.82, 2.24) is 24.4 Å². The number of imidazole rings is 1. The third-order valence-electron chi connectivity index (χ3n) is 5.67. The lowest BCUT2D eigenvalue weighted by atomic mass is 9.84. The summed E-state index contributed by atoms with van der Waals surface area (Å²) in [6, 6.07) is 2.36. The minimum Gasteiger partial charge on any atom is -0.346 e. The molecule has 2 fully saturated rings. The first-order valence-corrected chi connectivity index (χ1v) is 8.88. The van der Waals surface area contributed by atoms with Crippen molar-refractivity contribution in [1.29, 1.82) is 0 Å². The van der Waals surface area contributed by atoms with Crippen LogP contribution < -0.4 is 0 Å². The van der Waals surface area contributed by atoms with Gasteiger partial charge in [-0.3, -0.25) is 4.79 Å². The largest absolute Gasteiger partial charge is 0.346 e. The Labute approximate surface area is 139 Å². The first-order chi connectivity index (χ1) is 11.8. The van der Waals surface area contributed by atoms with E-state index in [1.54, 1.807) is 0 Å². The fraction of sp³-hybridized carbons (Fsp3) is 0.500. The molecular formula is C18H21N5O. The van der Waals surface area contributed by atoms with Gasteiger partial charge < -0.3 is 14.5 Å². The Balaban J connectivity index is 1.50. The van der Waals surface area contributed by atoms with Gasteiger partial charge in [-0.2, -0.15) is 0 Å². The number of aromatic nitrogens is 4. The highest BCUT2D eigenvalue weighted by atomic mass is 16.2. The number of aromatic amines is 1. The first kappa shape index (κ1) is 14.0. The number of carbonyl (C=O) groups excluding carboxylic acids is 1. The SMILES string of the molecule is O=C(C1CCC1)N1CCC[C@@H](n2cnc3cnc4[nH]ccc4c32)C1. The monoisotopic (exact) mass is 323 g/mol. The third kappa shape index (κ3) is 2.05. The molecule has 1 aliphatic heterocycles. The average Bonchev–Trinajstić information content (AvgIpc) is 3.19. The Morgan fingerprint density at radius 1 is 1.21 bits per heavy atom. The molecule has 3 aromatic heterocycles. The number of likely N-dealkylation sites (tertiary alicyclic amines) is 1. The van der Waals surface area contributed by atoms with Gasteiger partial charge >= 0.3 is 0 Å². The van der Waals surface area contributed by atoms with E-state index < -0.39 is 0 Å². The minimum absolute atomic E-state index is 0.281. The molecule has 0 radical (unpaired) electrons. The third-order valence-corrected chi connectivity index (χ3v) is 5.67. The summed E-state index contributed by atoms with van der Waals surface area (Å²) < 4.78 is 2.26. The van der Waals surface area contributed by atoms with Gasteiger partial charge in [0.2, 0.25) is 5.91 Å². The molecule has 0 aromatic carbocycles. The molecule has 0 spiro atoms. The quantitative estimate of drug-likeness (QED) is 0.788. The van der Waals surface area contributed by atoms with Gasteiger partial charge in [-0.25, -0.2) is 9.97 Å². The number of fused-ring (bicyclic) bond motifs is 3. The van der Waals surface area contributed by atoms with Crippen LogP contribution in [0.5, 0.6) is 0 Å². The molecular weight excluding hydrogens is 302 g/mol. The van der Waals surface area contributed by atoms with Crippen LogP contribution in [0, 0.1) is 5.92 Å². The Morgan fingerprint density at radius 2 is 2.12 bits per heavy atom. The van der Waals surface area contributed by atoms with Crippen molar-refractivity contribution in [2.24, 2.45) is 5.92 Å². The predicted molar refractivity (Wildman–Crippen MR) is 91.6 cm³/mol. The molecule has 1 atom stereocenters. The molecule has 0 bridgehead atoms. The van der Waals surface area contributed by atoms with Gasteiger partial charge in [0.1, 0.15) is 11.2 Å². The Kier molecular flexibility index (Phi) is 3.11. The predicted octanol–water partition coefficient (Wildman–Crippen LogP) is 2.88. The molecule has 2 aliphatic rings. The number of amides is 1. The summed E-state index contributed by atoms with van der Waals surface area (Å²) in [6.07, 6.45) is 11.2. The van der Waals surface area contributed by atoms with Crippen molar-refractivity contribution in [3.63, 3.8) is 0 Å². The molecule has 6 heteroatoms. The van der Waals surface area contributed by atoms with Gasteiger partial charge in [0.15, 0.2) is 0 Å². The first-order valence-electron chi connectivity index (χ1n) is 8.88. The zero-order chi connectivity index (χ0) is 16.1. The van der Waals surface area contributed by atoms with Crippen LogP contribution in [0.25, 0.3) is 22.1 Å². The Morgan fingerprint density at radius 3 is 2.96 bits per heavy atom. The molecule has 4 heterocycles. The number of rotatable bonds is 2. The maximum Gasteiger partial charge on any atom is 0.225 e. The van der Waals surface area contributed by atoms with Crippen LogP contribution in [0.15, 0.2) is 24.8 Å². The van der Waals surface area contributed by atoms with Crippen molar-refractivity contribution < 1.29 is 4.79 Å². The Bertz CT molecular complexity index is 907. The van der Waals surface area contributed by atoms with Crippen molar-refractivity contribution in [2.45, 2.75) is 38.1 Å². The van der Waals surface area contributed by atoms with E-state index in [0.717, 1.165) is 60.8 Å². The summed E-state index contributed by atoms with van der Waals surface area (Å²) in [5.74, 6) is 0.646. The molecule has 124 valence electrons. The molecule has 1 amide bonds. The highest BCUT2D eigenvalue weighted by Crippen LogP contribution is 2.33. The molecule has 1 N–H and O–H groups in total. The Hall–Kier alpha value is -2.37. The van der Waals surface area contributed by atoms with Crippen LogP contribution >= 0.6 is 0 Å². The molecule has 1 saturated heterocycles. The number of nitrogens with one attached hydrogen (secondary N) is 1. The lowest BCUT2D eigenvalue weighted by Crippen LogP contribution is -2.45. The van der Waals surface area contributed by atoms with E-state index in [1.165, 1.54) is 6.42 Å². The maximum absolute atomic E-state index is 12.6. The van der Waals surface area contributed by atoms with E-state index in [1.807, 2.05) is 18.7 Å². The van der Waals surface area contributed by atoms with Crippen LogP contribution in [0.1, 0.15) is 38.1 Å². The summed E-state index contributed by atoms with van der Waals surface area (Å²) in [5, 5.41) is 1.10. The van der Waals surface area contributed by atoms with E-state index >= 15 is 0 Å². The van der Waals surface area contributed by atoms with Crippen molar-refractivity contribution >= 4 is 28.0 Å². The number of pyridine rings is 1. The van der Waals surface area contributed by atoms with Crippen LogP contribution in [0.4, 0.5) is 0 Å². The van der Waals surface area contributed by atoms with E-state index in [4.69, 9.17) is 0 Å². The zero-order valence-electron chi connectivity index (χ0n) is 13.6. The van der Waals surface area contributed by atoms with Gasteiger partial charge in [-0.05, 0) is 31.7 Å². The van der Waals surface area contributed by atoms with Gasteiger partial charge in [0.25, 0.3) is 0 Å². The number of nitrogens with zero attached hydrogens (tertiary/aromatic N) is 4. The van der Waals surface area contributed by atoms with Crippen molar-refractivity contribution in [2.75, 3.05) is 13.1 Å². The van der Waals surface area contributed by atoms with Crippen molar-refractivity contribution in [3.8, 4) is 0 Å². The summed E-state index contributed by atoms with van der Waals surface area (Å²) in [4.78, 5) is 26.8. The zero-order valence-corrected chi connectivity index (χ0v) is 13.6. The number of hydrogen-bond acceptors (Lipinski definition) is 3. The van der Waals surface area contributed by atoms with Gasteiger partial charge in [-0.1, -0.05) is 6.42 Å².